The van der Waals surface area contributed by atoms with Crippen molar-refractivity contribution in [2.45, 2.75) is 70.7 Å². The lowest BCUT2D eigenvalue weighted by Crippen LogP contribution is -2.74. The number of nitrogens with zero attached hydrogens (tertiary/aromatic N) is 3. The molecule has 0 bridgehead atoms. The molecule has 214 valence electrons. The van der Waals surface area contributed by atoms with Crippen molar-refractivity contribution >= 4 is 24.2 Å². The fourth-order valence-corrected chi connectivity index (χ4v) is 5.26. The Labute approximate surface area is 237 Å². The number of benzene rings is 1. The minimum Gasteiger partial charge on any atom is -0.497 e. The van der Waals surface area contributed by atoms with Crippen LogP contribution in [0.3, 0.4) is 0 Å². The van der Waals surface area contributed by atoms with Crippen LogP contribution in [0.15, 0.2) is 42.6 Å². The average molecular weight is 561 g/mol. The molecule has 2 aromatic rings. The van der Waals surface area contributed by atoms with Gasteiger partial charge in [0.1, 0.15) is 23.1 Å². The summed E-state index contributed by atoms with van der Waals surface area (Å²) in [6.45, 7) is 8.39. The highest BCUT2D eigenvalue weighted by Crippen LogP contribution is 2.35. The molecule has 2 saturated heterocycles. The molecule has 2 amide bonds. The molecule has 2 aliphatic rings. The van der Waals surface area contributed by atoms with E-state index < -0.39 is 17.7 Å². The number of hydrogen-bond donors (Lipinski definition) is 2. The van der Waals surface area contributed by atoms with Crippen molar-refractivity contribution in [1.29, 1.82) is 0 Å². The number of halogens is 1. The van der Waals surface area contributed by atoms with E-state index in [1.165, 1.54) is 0 Å². The van der Waals surface area contributed by atoms with Crippen LogP contribution in [0.5, 0.6) is 17.4 Å². The summed E-state index contributed by atoms with van der Waals surface area (Å²) in [5.74, 6) is 1.53. The number of amides is 2. The first-order chi connectivity index (χ1) is 18.3. The second kappa shape index (κ2) is 13.5. The summed E-state index contributed by atoms with van der Waals surface area (Å²) in [5, 5.41) is 13.5. The van der Waals surface area contributed by atoms with Crippen LogP contribution in [0.4, 0.5) is 0 Å². The van der Waals surface area contributed by atoms with Crippen molar-refractivity contribution in [2.24, 2.45) is 5.92 Å². The zero-order valence-corrected chi connectivity index (χ0v) is 24.1. The number of hydrogen-bond acceptors (Lipinski definition) is 7. The summed E-state index contributed by atoms with van der Waals surface area (Å²) < 4.78 is 11.0. The molecule has 2 N–H and O–H groups in total. The van der Waals surface area contributed by atoms with Gasteiger partial charge in [-0.1, -0.05) is 33.3 Å². The van der Waals surface area contributed by atoms with E-state index in [0.717, 1.165) is 24.2 Å². The van der Waals surface area contributed by atoms with Gasteiger partial charge in [0.05, 0.1) is 13.2 Å². The third-order valence-electron chi connectivity index (χ3n) is 7.69. The van der Waals surface area contributed by atoms with Gasteiger partial charge in [-0.3, -0.25) is 14.5 Å². The first-order valence-corrected chi connectivity index (χ1v) is 13.6. The van der Waals surface area contributed by atoms with Crippen LogP contribution in [0.1, 0.15) is 52.0 Å². The predicted molar refractivity (Wildman–Crippen MR) is 151 cm³/mol. The standard InChI is InChI=1S/C29H40N4O5.ClH/c1-5-6-15-33-27(35)25(26(34)20(2)3)31-28(36)29(33)13-16-32(17-14-29)19-21-7-12-24(30-18-21)38-23-10-8-22(37-4)9-11-23;/h7-12,18,20,25-26,34H,5-6,13-17,19H2,1-4H3,(H,31,36);1H/t25-,26-;/m1./s1. The predicted octanol–water partition coefficient (Wildman–Crippen LogP) is 3.78. The van der Waals surface area contributed by atoms with Gasteiger partial charge in [-0.15, -0.1) is 12.4 Å². The monoisotopic (exact) mass is 560 g/mol. The number of aliphatic hydroxyl groups excluding tert-OH is 1. The zero-order valence-electron chi connectivity index (χ0n) is 23.3. The molecule has 1 aromatic carbocycles. The SMILES string of the molecule is CCCCN1C(=O)[C@@H]([C@H](O)C(C)C)NC(=O)C12CCN(Cc1ccc(Oc3ccc(OC)cc3)nc1)CC2.Cl. The molecule has 2 aliphatic heterocycles. The van der Waals surface area contributed by atoms with E-state index in [-0.39, 0.29) is 30.1 Å². The summed E-state index contributed by atoms with van der Waals surface area (Å²) in [7, 11) is 1.62. The highest BCUT2D eigenvalue weighted by molar-refractivity contribution is 6.00. The van der Waals surface area contributed by atoms with Crippen LogP contribution >= 0.6 is 12.4 Å². The van der Waals surface area contributed by atoms with Crippen molar-refractivity contribution < 1.29 is 24.2 Å². The molecular formula is C29H41ClN4O5. The van der Waals surface area contributed by atoms with Gasteiger partial charge in [0.25, 0.3) is 0 Å². The Morgan fingerprint density at radius 1 is 1.10 bits per heavy atom. The number of carbonyl (C=O) groups is 2. The molecule has 3 heterocycles. The van der Waals surface area contributed by atoms with E-state index in [9.17, 15) is 14.7 Å². The smallest absolute Gasteiger partial charge is 0.248 e. The molecular weight excluding hydrogens is 520 g/mol. The van der Waals surface area contributed by atoms with Crippen molar-refractivity contribution in [1.82, 2.24) is 20.1 Å². The molecule has 0 aliphatic carbocycles. The molecule has 4 rings (SSSR count). The maximum Gasteiger partial charge on any atom is 0.248 e. The fourth-order valence-electron chi connectivity index (χ4n) is 5.26. The minimum atomic E-state index is -0.905. The number of pyridine rings is 1. The zero-order chi connectivity index (χ0) is 27.3. The van der Waals surface area contributed by atoms with E-state index in [0.29, 0.717) is 50.7 Å². The van der Waals surface area contributed by atoms with Crippen LogP contribution < -0.4 is 14.8 Å². The number of aromatic nitrogens is 1. The van der Waals surface area contributed by atoms with E-state index in [1.54, 1.807) is 12.0 Å². The van der Waals surface area contributed by atoms with Crippen molar-refractivity contribution in [2.75, 3.05) is 26.7 Å². The molecule has 0 saturated carbocycles. The number of likely N-dealkylation sites (tertiary alicyclic amines) is 1. The van der Waals surface area contributed by atoms with E-state index >= 15 is 0 Å². The molecule has 39 heavy (non-hydrogen) atoms. The minimum absolute atomic E-state index is 0. The van der Waals surface area contributed by atoms with E-state index in [1.807, 2.05) is 56.4 Å². The maximum atomic E-state index is 13.5. The summed E-state index contributed by atoms with van der Waals surface area (Å²) in [6, 6.07) is 10.3. The van der Waals surface area contributed by atoms with Gasteiger partial charge in [-0.05, 0) is 55.0 Å². The highest BCUT2D eigenvalue weighted by Gasteiger charge is 2.54. The molecule has 1 spiro atoms. The highest BCUT2D eigenvalue weighted by atomic mass is 35.5. The maximum absolute atomic E-state index is 13.5. The largest absolute Gasteiger partial charge is 0.497 e. The second-order valence-electron chi connectivity index (χ2n) is 10.6. The van der Waals surface area contributed by atoms with Gasteiger partial charge < -0.3 is 24.8 Å². The van der Waals surface area contributed by atoms with Gasteiger partial charge >= 0.3 is 0 Å². The Bertz CT molecular complexity index is 1090. The Morgan fingerprint density at radius 2 is 1.77 bits per heavy atom. The molecule has 2 fully saturated rings. The number of unbranched alkanes of at least 4 members (excludes halogenated alkanes) is 1. The molecule has 10 heteroatoms. The van der Waals surface area contributed by atoms with Gasteiger partial charge in [-0.25, -0.2) is 4.98 Å². The second-order valence-corrected chi connectivity index (χ2v) is 10.6. The topological polar surface area (TPSA) is 104 Å². The molecule has 0 unspecified atom stereocenters. The Balaban J connectivity index is 0.00000420. The summed E-state index contributed by atoms with van der Waals surface area (Å²) in [5.41, 5.74) is 0.194. The first kappa shape index (κ1) is 30.7. The number of aliphatic hydroxyl groups is 1. The Morgan fingerprint density at radius 3 is 2.33 bits per heavy atom. The van der Waals surface area contributed by atoms with Crippen molar-refractivity contribution in [3.63, 3.8) is 0 Å². The first-order valence-electron chi connectivity index (χ1n) is 13.6. The van der Waals surface area contributed by atoms with Crippen molar-refractivity contribution in [3.05, 3.63) is 48.2 Å². The quantitative estimate of drug-likeness (QED) is 0.455. The number of piperazine rings is 1. The lowest BCUT2D eigenvalue weighted by molar-refractivity contribution is -0.165. The number of ether oxygens (including phenoxy) is 2. The fraction of sp³-hybridized carbons (Fsp3) is 0.552. The van der Waals surface area contributed by atoms with Gasteiger partial charge in [-0.2, -0.15) is 0 Å². The number of methoxy groups -OCH3 is 1. The molecule has 2 atom stereocenters. The third-order valence-corrected chi connectivity index (χ3v) is 7.69. The van der Waals surface area contributed by atoms with E-state index in [4.69, 9.17) is 9.47 Å². The number of piperidine rings is 1. The average Bonchev–Trinajstić information content (AvgIpc) is 2.93. The van der Waals surface area contributed by atoms with Crippen LogP contribution in [0.25, 0.3) is 0 Å². The number of rotatable bonds is 10. The lowest BCUT2D eigenvalue weighted by Gasteiger charge is -2.52. The lowest BCUT2D eigenvalue weighted by atomic mass is 9.80. The van der Waals surface area contributed by atoms with Crippen LogP contribution in [-0.2, 0) is 16.1 Å². The Hall–Kier alpha value is -2.88. The summed E-state index contributed by atoms with van der Waals surface area (Å²) in [4.78, 5) is 35.4. The van der Waals surface area contributed by atoms with E-state index in [2.05, 4.69) is 22.1 Å². The number of nitrogens with one attached hydrogen (secondary N) is 1. The van der Waals surface area contributed by atoms with Gasteiger partial charge in [0.2, 0.25) is 17.7 Å². The third kappa shape index (κ3) is 6.83. The van der Waals surface area contributed by atoms with Crippen molar-refractivity contribution in [3.8, 4) is 17.4 Å². The van der Waals surface area contributed by atoms with Crippen LogP contribution in [-0.4, -0.2) is 76.1 Å². The molecule has 1 aromatic heterocycles. The van der Waals surface area contributed by atoms with Crippen LogP contribution in [0.2, 0.25) is 0 Å². The number of carbonyl (C=O) groups excluding carboxylic acids is 2. The van der Waals surface area contributed by atoms with Gasteiger partial charge in [0, 0.05) is 38.4 Å². The van der Waals surface area contributed by atoms with Crippen LogP contribution in [0, 0.1) is 5.92 Å². The molecule has 0 radical (unpaired) electrons. The summed E-state index contributed by atoms with van der Waals surface area (Å²) in [6.07, 6.45) is 3.78. The molecule has 9 nitrogen and oxygen atoms in total. The Kier molecular flexibility index (Phi) is 10.6. The van der Waals surface area contributed by atoms with Gasteiger partial charge in [0.15, 0.2) is 0 Å². The normalized spacial score (nSPS) is 19.9. The summed E-state index contributed by atoms with van der Waals surface area (Å²) >= 11 is 0.